The monoisotopic (exact) mass is 313 g/mol. The standard InChI is InChI=1S/C14H19NO5S/c1-20-14(17)10-11-2-4-13(5-3-11)21(18,19)15-8-6-12(16)7-9-15/h2-5,12,16H,6-10H2,1H3. The van der Waals surface area contributed by atoms with Gasteiger partial charge in [-0.1, -0.05) is 12.1 Å². The zero-order valence-electron chi connectivity index (χ0n) is 11.9. The first kappa shape index (κ1) is 15.9. The molecule has 1 saturated heterocycles. The summed E-state index contributed by atoms with van der Waals surface area (Å²) in [6, 6.07) is 6.22. The van der Waals surface area contributed by atoms with Gasteiger partial charge in [0, 0.05) is 13.1 Å². The number of carbonyl (C=O) groups excluding carboxylic acids is 1. The number of piperidine rings is 1. The number of nitrogens with zero attached hydrogens (tertiary/aromatic N) is 1. The van der Waals surface area contributed by atoms with Gasteiger partial charge in [-0.05, 0) is 30.5 Å². The smallest absolute Gasteiger partial charge is 0.309 e. The van der Waals surface area contributed by atoms with Crippen LogP contribution >= 0.6 is 0 Å². The summed E-state index contributed by atoms with van der Waals surface area (Å²) in [5, 5.41) is 9.44. The normalized spacial score (nSPS) is 17.6. The number of hydrogen-bond acceptors (Lipinski definition) is 5. The minimum absolute atomic E-state index is 0.118. The van der Waals surface area contributed by atoms with Gasteiger partial charge >= 0.3 is 5.97 Å². The second kappa shape index (κ2) is 6.55. The van der Waals surface area contributed by atoms with E-state index in [9.17, 15) is 18.3 Å². The Kier molecular flexibility index (Phi) is 4.97. The van der Waals surface area contributed by atoms with Crippen LogP contribution in [0.1, 0.15) is 18.4 Å². The van der Waals surface area contributed by atoms with E-state index in [0.29, 0.717) is 31.5 Å². The van der Waals surface area contributed by atoms with Gasteiger partial charge in [0.15, 0.2) is 0 Å². The van der Waals surface area contributed by atoms with Crippen LogP contribution in [-0.4, -0.2) is 50.1 Å². The lowest BCUT2D eigenvalue weighted by atomic mass is 10.1. The number of methoxy groups -OCH3 is 1. The second-order valence-corrected chi connectivity index (χ2v) is 6.97. The van der Waals surface area contributed by atoms with E-state index >= 15 is 0 Å². The van der Waals surface area contributed by atoms with Crippen molar-refractivity contribution in [3.63, 3.8) is 0 Å². The largest absolute Gasteiger partial charge is 0.469 e. The van der Waals surface area contributed by atoms with Crippen LogP contribution in [0.15, 0.2) is 29.2 Å². The van der Waals surface area contributed by atoms with Gasteiger partial charge in [0.25, 0.3) is 0 Å². The average molecular weight is 313 g/mol. The summed E-state index contributed by atoms with van der Waals surface area (Å²) in [7, 11) is -2.22. The third kappa shape index (κ3) is 3.81. The molecule has 0 unspecified atom stereocenters. The van der Waals surface area contributed by atoms with Crippen LogP contribution in [0, 0.1) is 0 Å². The number of aliphatic hydroxyl groups excluding tert-OH is 1. The molecular formula is C14H19NO5S. The Hall–Kier alpha value is -1.44. The molecule has 0 spiro atoms. The third-order valence-corrected chi connectivity index (χ3v) is 5.47. The van der Waals surface area contributed by atoms with Crippen LogP contribution in [0.4, 0.5) is 0 Å². The Bertz CT molecular complexity index is 588. The molecule has 0 aromatic heterocycles. The number of carbonyl (C=O) groups is 1. The number of rotatable bonds is 4. The van der Waals surface area contributed by atoms with Gasteiger partial charge in [-0.15, -0.1) is 0 Å². The van der Waals surface area contributed by atoms with Crippen molar-refractivity contribution in [3.8, 4) is 0 Å². The third-order valence-electron chi connectivity index (χ3n) is 3.56. The van der Waals surface area contributed by atoms with Gasteiger partial charge < -0.3 is 9.84 Å². The molecule has 1 N–H and O–H groups in total. The Morgan fingerprint density at radius 3 is 2.38 bits per heavy atom. The molecule has 7 heteroatoms. The molecule has 0 aliphatic carbocycles. The predicted octanol–water partition coefficient (Wildman–Crippen LogP) is 0.547. The zero-order valence-corrected chi connectivity index (χ0v) is 12.7. The molecule has 1 heterocycles. The van der Waals surface area contributed by atoms with E-state index in [4.69, 9.17) is 0 Å². The first-order valence-corrected chi connectivity index (χ1v) is 8.21. The van der Waals surface area contributed by atoms with Gasteiger partial charge in [0.1, 0.15) is 0 Å². The number of esters is 1. The Balaban J connectivity index is 2.12. The van der Waals surface area contributed by atoms with Gasteiger partial charge in [-0.3, -0.25) is 4.79 Å². The van der Waals surface area contributed by atoms with Gasteiger partial charge in [0.05, 0.1) is 24.5 Å². The molecular weight excluding hydrogens is 294 g/mol. The SMILES string of the molecule is COC(=O)Cc1ccc(S(=O)(=O)N2CCC(O)CC2)cc1. The fourth-order valence-electron chi connectivity index (χ4n) is 2.25. The van der Waals surface area contributed by atoms with Crippen molar-refractivity contribution in [1.29, 1.82) is 0 Å². The summed E-state index contributed by atoms with van der Waals surface area (Å²) in [5.41, 5.74) is 0.704. The van der Waals surface area contributed by atoms with Crippen molar-refractivity contribution in [2.24, 2.45) is 0 Å². The first-order chi connectivity index (χ1) is 9.93. The van der Waals surface area contributed by atoms with Crippen LogP contribution < -0.4 is 0 Å². The number of hydrogen-bond donors (Lipinski definition) is 1. The highest BCUT2D eigenvalue weighted by Crippen LogP contribution is 2.21. The Labute approximate surface area is 124 Å². The number of aliphatic hydroxyl groups is 1. The summed E-state index contributed by atoms with van der Waals surface area (Å²) in [6.07, 6.45) is 0.616. The van der Waals surface area contributed by atoms with E-state index in [2.05, 4.69) is 4.74 Å². The average Bonchev–Trinajstić information content (AvgIpc) is 2.48. The lowest BCUT2D eigenvalue weighted by Crippen LogP contribution is -2.39. The van der Waals surface area contributed by atoms with Crippen molar-refractivity contribution in [2.45, 2.75) is 30.3 Å². The molecule has 0 bridgehead atoms. The lowest BCUT2D eigenvalue weighted by molar-refractivity contribution is -0.139. The lowest BCUT2D eigenvalue weighted by Gasteiger charge is -2.28. The predicted molar refractivity (Wildman–Crippen MR) is 76.2 cm³/mol. The summed E-state index contributed by atoms with van der Waals surface area (Å²) in [5.74, 6) is -0.365. The molecule has 1 aliphatic rings. The van der Waals surface area contributed by atoms with Gasteiger partial charge in [0.2, 0.25) is 10.0 Å². The molecule has 6 nitrogen and oxygen atoms in total. The van der Waals surface area contributed by atoms with Crippen molar-refractivity contribution < 1.29 is 23.1 Å². The Morgan fingerprint density at radius 1 is 1.29 bits per heavy atom. The molecule has 0 atom stereocenters. The molecule has 1 aliphatic heterocycles. The number of sulfonamides is 1. The molecule has 1 aromatic carbocycles. The number of benzene rings is 1. The maximum Gasteiger partial charge on any atom is 0.309 e. The van der Waals surface area contributed by atoms with E-state index in [1.807, 2.05) is 0 Å². The highest BCUT2D eigenvalue weighted by atomic mass is 32.2. The zero-order chi connectivity index (χ0) is 15.5. The van der Waals surface area contributed by atoms with Crippen LogP contribution in [0.2, 0.25) is 0 Å². The highest BCUT2D eigenvalue weighted by Gasteiger charge is 2.28. The van der Waals surface area contributed by atoms with E-state index in [-0.39, 0.29) is 17.3 Å². The topological polar surface area (TPSA) is 83.9 Å². The molecule has 0 saturated carbocycles. The maximum absolute atomic E-state index is 12.4. The van der Waals surface area contributed by atoms with E-state index in [1.165, 1.54) is 23.5 Å². The maximum atomic E-state index is 12.4. The van der Waals surface area contributed by atoms with Gasteiger partial charge in [-0.2, -0.15) is 4.31 Å². The van der Waals surface area contributed by atoms with E-state index in [1.54, 1.807) is 12.1 Å². The van der Waals surface area contributed by atoms with Crippen molar-refractivity contribution in [1.82, 2.24) is 4.31 Å². The highest BCUT2D eigenvalue weighted by molar-refractivity contribution is 7.89. The molecule has 1 fully saturated rings. The van der Waals surface area contributed by atoms with E-state index in [0.717, 1.165) is 0 Å². The quantitative estimate of drug-likeness (QED) is 0.821. The van der Waals surface area contributed by atoms with E-state index < -0.39 is 16.1 Å². The van der Waals surface area contributed by atoms with Crippen LogP contribution in [0.3, 0.4) is 0 Å². The molecule has 2 rings (SSSR count). The van der Waals surface area contributed by atoms with Crippen molar-refractivity contribution in [3.05, 3.63) is 29.8 Å². The minimum atomic E-state index is -3.53. The van der Waals surface area contributed by atoms with Crippen LogP contribution in [-0.2, 0) is 26.0 Å². The summed E-state index contributed by atoms with van der Waals surface area (Å²) < 4.78 is 30.8. The molecule has 1 aromatic rings. The molecule has 0 amide bonds. The minimum Gasteiger partial charge on any atom is -0.469 e. The fourth-order valence-corrected chi connectivity index (χ4v) is 3.72. The van der Waals surface area contributed by atoms with Gasteiger partial charge in [-0.25, -0.2) is 8.42 Å². The van der Waals surface area contributed by atoms with Crippen LogP contribution in [0.25, 0.3) is 0 Å². The summed E-state index contributed by atoms with van der Waals surface area (Å²) >= 11 is 0. The van der Waals surface area contributed by atoms with Crippen LogP contribution in [0.5, 0.6) is 0 Å². The van der Waals surface area contributed by atoms with Crippen molar-refractivity contribution >= 4 is 16.0 Å². The first-order valence-electron chi connectivity index (χ1n) is 6.77. The second-order valence-electron chi connectivity index (χ2n) is 5.03. The molecule has 21 heavy (non-hydrogen) atoms. The molecule has 116 valence electrons. The fraction of sp³-hybridized carbons (Fsp3) is 0.500. The summed E-state index contributed by atoms with van der Waals surface area (Å²) in [4.78, 5) is 11.4. The molecule has 0 radical (unpaired) electrons. The summed E-state index contributed by atoms with van der Waals surface area (Å²) in [6.45, 7) is 0.654. The Morgan fingerprint density at radius 2 is 1.86 bits per heavy atom. The van der Waals surface area contributed by atoms with Crippen molar-refractivity contribution in [2.75, 3.05) is 20.2 Å². The number of ether oxygens (including phenoxy) is 1.